The van der Waals surface area contributed by atoms with Gasteiger partial charge in [0.15, 0.2) is 13.2 Å². The van der Waals surface area contributed by atoms with Crippen LogP contribution in [-0.2, 0) is 15.8 Å². The summed E-state index contributed by atoms with van der Waals surface area (Å²) in [5, 5.41) is 0.499. The van der Waals surface area contributed by atoms with Crippen LogP contribution in [0.2, 0.25) is 18.1 Å². The minimum atomic E-state index is -3.04. The fourth-order valence-corrected chi connectivity index (χ4v) is 6.17. The Balaban J connectivity index is 1.66. The minimum Gasteiger partial charge on any atom is -0.468 e. The average molecular weight is 730 g/mol. The lowest BCUT2D eigenvalue weighted by atomic mass is 10.1. The standard InChI is InChI=1S/C29H34F2IN3O5SSi/c1-8-37-27(36)24-25(34-26(41-24)21-14-33-23-12-10-19(32)15-35(21)23)39-17(2)20-11-9-18(13-22(20)40-28(30)31)16-38-42(6,7)29(3,4)5/h9-15,17,28H,8,16H2,1-7H3/t17-/m1/s1. The van der Waals surface area contributed by atoms with E-state index in [4.69, 9.17) is 18.6 Å². The number of halogens is 3. The van der Waals surface area contributed by atoms with Gasteiger partial charge in [-0.3, -0.25) is 4.40 Å². The van der Waals surface area contributed by atoms with Crippen molar-refractivity contribution in [1.29, 1.82) is 0 Å². The van der Waals surface area contributed by atoms with Gasteiger partial charge in [0.25, 0.3) is 0 Å². The average Bonchev–Trinajstić information content (AvgIpc) is 3.50. The van der Waals surface area contributed by atoms with Crippen molar-refractivity contribution in [2.45, 2.75) is 72.1 Å². The van der Waals surface area contributed by atoms with Crippen LogP contribution in [0.5, 0.6) is 11.6 Å². The summed E-state index contributed by atoms with van der Waals surface area (Å²) in [4.78, 5) is 22.1. The molecule has 0 unspecified atom stereocenters. The third-order valence-corrected chi connectivity index (χ3v) is 13.3. The quantitative estimate of drug-likeness (QED) is 0.0870. The van der Waals surface area contributed by atoms with Crippen molar-refractivity contribution in [3.63, 3.8) is 0 Å². The molecule has 13 heteroatoms. The highest BCUT2D eigenvalue weighted by Crippen LogP contribution is 2.39. The molecule has 3 aromatic heterocycles. The van der Waals surface area contributed by atoms with Crippen molar-refractivity contribution in [3.8, 4) is 22.3 Å². The number of fused-ring (bicyclic) bond motifs is 1. The van der Waals surface area contributed by atoms with E-state index in [9.17, 15) is 13.6 Å². The molecular weight excluding hydrogens is 695 g/mol. The van der Waals surface area contributed by atoms with E-state index in [1.165, 1.54) is 0 Å². The number of hydrogen-bond acceptors (Lipinski definition) is 8. The normalized spacial score (nSPS) is 13.0. The van der Waals surface area contributed by atoms with E-state index in [1.807, 2.05) is 22.7 Å². The van der Waals surface area contributed by atoms with Gasteiger partial charge in [0.05, 0.1) is 19.4 Å². The van der Waals surface area contributed by atoms with E-state index < -0.39 is 27.0 Å². The number of imidazole rings is 1. The first kappa shape index (κ1) is 32.3. The molecule has 4 rings (SSSR count). The molecule has 3 heterocycles. The Labute approximate surface area is 262 Å². The van der Waals surface area contributed by atoms with Gasteiger partial charge in [0, 0.05) is 15.3 Å². The second-order valence-corrected chi connectivity index (χ2v) is 18.2. The van der Waals surface area contributed by atoms with Gasteiger partial charge in [-0.1, -0.05) is 32.9 Å². The van der Waals surface area contributed by atoms with Crippen LogP contribution in [0.3, 0.4) is 0 Å². The maximum absolute atomic E-state index is 13.5. The Hall–Kier alpha value is -2.62. The number of alkyl halides is 2. The Morgan fingerprint density at radius 2 is 1.90 bits per heavy atom. The number of rotatable bonds is 11. The summed E-state index contributed by atoms with van der Waals surface area (Å²) in [6.07, 6.45) is 2.79. The van der Waals surface area contributed by atoms with Crippen LogP contribution < -0.4 is 9.47 Å². The van der Waals surface area contributed by atoms with E-state index in [-0.39, 0.29) is 34.8 Å². The molecule has 0 fully saturated rings. The maximum atomic E-state index is 13.5. The van der Waals surface area contributed by atoms with Crippen LogP contribution in [0.1, 0.15) is 61.5 Å². The second-order valence-electron chi connectivity index (χ2n) is 11.2. The smallest absolute Gasteiger partial charge is 0.387 e. The molecule has 0 spiro atoms. The lowest BCUT2D eigenvalue weighted by Gasteiger charge is -2.36. The molecule has 4 aromatic rings. The summed E-state index contributed by atoms with van der Waals surface area (Å²) >= 11 is 3.32. The fraction of sp³-hybridized carbons (Fsp3) is 0.414. The fourth-order valence-electron chi connectivity index (χ4n) is 3.85. The number of carbonyl (C=O) groups excluding carboxylic acids is 1. The van der Waals surface area contributed by atoms with Crippen molar-refractivity contribution >= 4 is 53.9 Å². The van der Waals surface area contributed by atoms with Gasteiger partial charge in [-0.05, 0) is 78.3 Å². The van der Waals surface area contributed by atoms with Gasteiger partial charge >= 0.3 is 12.6 Å². The van der Waals surface area contributed by atoms with Gasteiger partial charge in [-0.25, -0.2) is 9.78 Å². The number of benzene rings is 1. The number of hydrogen-bond donors (Lipinski definition) is 0. The summed E-state index contributed by atoms with van der Waals surface area (Å²) in [6.45, 7) is 11.5. The first-order valence-electron chi connectivity index (χ1n) is 13.4. The molecule has 0 amide bonds. The molecule has 0 N–H and O–H groups in total. The number of esters is 1. The van der Waals surface area contributed by atoms with Crippen molar-refractivity contribution in [2.24, 2.45) is 0 Å². The maximum Gasteiger partial charge on any atom is 0.387 e. The summed E-state index contributed by atoms with van der Waals surface area (Å²) in [5.41, 5.74) is 2.48. The number of ether oxygens (including phenoxy) is 3. The molecule has 0 aliphatic carbocycles. The zero-order valence-electron chi connectivity index (χ0n) is 24.5. The van der Waals surface area contributed by atoms with Crippen LogP contribution in [0, 0.1) is 3.57 Å². The molecule has 0 saturated heterocycles. The molecule has 0 aliphatic heterocycles. The van der Waals surface area contributed by atoms with Gasteiger partial charge in [0.2, 0.25) is 5.88 Å². The number of carbonyl (C=O) groups is 1. The highest BCUT2D eigenvalue weighted by Gasteiger charge is 2.37. The third-order valence-electron chi connectivity index (χ3n) is 7.17. The van der Waals surface area contributed by atoms with E-state index in [0.717, 1.165) is 20.6 Å². The molecule has 8 nitrogen and oxygen atoms in total. The number of thiazole rings is 1. The van der Waals surface area contributed by atoms with Gasteiger partial charge in [-0.2, -0.15) is 13.8 Å². The van der Waals surface area contributed by atoms with Crippen LogP contribution in [-0.4, -0.2) is 41.9 Å². The Kier molecular flexibility index (Phi) is 9.95. The second kappa shape index (κ2) is 12.9. The van der Waals surface area contributed by atoms with E-state index in [1.54, 1.807) is 38.2 Å². The SMILES string of the molecule is CCOC(=O)c1sc(-c2cnc3ccc(I)cn23)nc1O[C@H](C)c1ccc(CO[Si](C)(C)C(C)(C)C)cc1OC(F)F. The van der Waals surface area contributed by atoms with E-state index in [0.29, 0.717) is 21.8 Å². The topological polar surface area (TPSA) is 84.2 Å². The Morgan fingerprint density at radius 3 is 2.57 bits per heavy atom. The molecule has 1 atom stereocenters. The zero-order chi connectivity index (χ0) is 30.8. The predicted molar refractivity (Wildman–Crippen MR) is 169 cm³/mol. The highest BCUT2D eigenvalue weighted by molar-refractivity contribution is 14.1. The molecule has 42 heavy (non-hydrogen) atoms. The molecule has 0 bridgehead atoms. The van der Waals surface area contributed by atoms with Gasteiger partial charge in [-0.15, -0.1) is 11.3 Å². The molecule has 0 radical (unpaired) electrons. The lowest BCUT2D eigenvalue weighted by Crippen LogP contribution is -2.40. The minimum absolute atomic E-state index is 0.00228. The van der Waals surface area contributed by atoms with E-state index >= 15 is 0 Å². The van der Waals surface area contributed by atoms with Gasteiger partial charge in [0.1, 0.15) is 28.2 Å². The first-order chi connectivity index (χ1) is 19.7. The van der Waals surface area contributed by atoms with Crippen molar-refractivity contribution in [3.05, 3.63) is 62.3 Å². The number of aromatic nitrogens is 3. The van der Waals surface area contributed by atoms with Crippen LogP contribution in [0.4, 0.5) is 8.78 Å². The molecule has 0 aliphatic rings. The molecule has 1 aromatic carbocycles. The monoisotopic (exact) mass is 729 g/mol. The van der Waals surface area contributed by atoms with E-state index in [2.05, 4.69) is 66.4 Å². The van der Waals surface area contributed by atoms with Crippen LogP contribution in [0.25, 0.3) is 16.3 Å². The van der Waals surface area contributed by atoms with Crippen molar-refractivity contribution in [2.75, 3.05) is 6.61 Å². The summed E-state index contributed by atoms with van der Waals surface area (Å²) in [5.74, 6) is -0.581. The summed E-state index contributed by atoms with van der Waals surface area (Å²) in [7, 11) is -2.06. The zero-order valence-corrected chi connectivity index (χ0v) is 28.5. The molecule has 0 saturated carbocycles. The third kappa shape index (κ3) is 7.29. The van der Waals surface area contributed by atoms with Crippen LogP contribution >= 0.6 is 33.9 Å². The predicted octanol–water partition coefficient (Wildman–Crippen LogP) is 8.50. The molecule has 226 valence electrons. The Morgan fingerprint density at radius 1 is 1.17 bits per heavy atom. The van der Waals surface area contributed by atoms with Crippen molar-refractivity contribution in [1.82, 2.24) is 14.4 Å². The molecular formula is C29H34F2IN3O5SSi. The summed E-state index contributed by atoms with van der Waals surface area (Å²) in [6, 6.07) is 8.86. The first-order valence-corrected chi connectivity index (χ1v) is 18.2. The van der Waals surface area contributed by atoms with Gasteiger partial charge < -0.3 is 18.6 Å². The number of pyridine rings is 1. The lowest BCUT2D eigenvalue weighted by molar-refractivity contribution is -0.0513. The highest BCUT2D eigenvalue weighted by atomic mass is 127. The Bertz CT molecular complexity index is 1570. The van der Waals surface area contributed by atoms with Crippen LogP contribution in [0.15, 0.2) is 42.7 Å². The largest absolute Gasteiger partial charge is 0.468 e. The number of nitrogens with zero attached hydrogens (tertiary/aromatic N) is 3. The summed E-state index contributed by atoms with van der Waals surface area (Å²) < 4.78 is 52.4. The van der Waals surface area contributed by atoms with Crippen molar-refractivity contribution < 1.29 is 32.2 Å².